The van der Waals surface area contributed by atoms with Crippen LogP contribution in [-0.2, 0) is 0 Å². The number of hydrogen-bond acceptors (Lipinski definition) is 5. The molecule has 0 bridgehead atoms. The maximum atomic E-state index is 11.3. The minimum Gasteiger partial charge on any atom is -0.479 e. The first-order valence-electron chi connectivity index (χ1n) is 5.89. The van der Waals surface area contributed by atoms with E-state index >= 15 is 0 Å². The SMILES string of the molecule is COc1ncc(-c2ccccc2)c2sc(C(N)=O)nc12. The maximum Gasteiger partial charge on any atom is 0.277 e. The fourth-order valence-corrected chi connectivity index (χ4v) is 2.91. The maximum absolute atomic E-state index is 11.3. The molecule has 2 aromatic heterocycles. The highest BCUT2D eigenvalue weighted by atomic mass is 32.1. The van der Waals surface area contributed by atoms with Crippen LogP contribution < -0.4 is 10.5 Å². The van der Waals surface area contributed by atoms with Crippen molar-refractivity contribution in [3.05, 3.63) is 41.5 Å². The van der Waals surface area contributed by atoms with Crippen LogP contribution in [0.4, 0.5) is 0 Å². The topological polar surface area (TPSA) is 78.1 Å². The zero-order valence-corrected chi connectivity index (χ0v) is 11.5. The summed E-state index contributed by atoms with van der Waals surface area (Å²) in [6.45, 7) is 0. The second kappa shape index (κ2) is 4.90. The van der Waals surface area contributed by atoms with E-state index in [2.05, 4.69) is 9.97 Å². The van der Waals surface area contributed by atoms with Gasteiger partial charge in [0.25, 0.3) is 5.91 Å². The smallest absolute Gasteiger partial charge is 0.277 e. The standard InChI is InChI=1S/C14H11N3O2S/c1-19-13-10-11(20-14(17-10)12(15)18)9(7-16-13)8-5-3-2-4-6-8/h2-7H,1H3,(H2,15,18). The van der Waals surface area contributed by atoms with Crippen LogP contribution in [0.2, 0.25) is 0 Å². The van der Waals surface area contributed by atoms with Crippen LogP contribution >= 0.6 is 11.3 Å². The third-order valence-electron chi connectivity index (χ3n) is 2.87. The second-order valence-corrected chi connectivity index (χ2v) is 5.11. The number of primary amides is 1. The quantitative estimate of drug-likeness (QED) is 0.801. The van der Waals surface area contributed by atoms with Gasteiger partial charge < -0.3 is 10.5 Å². The van der Waals surface area contributed by atoms with E-state index in [-0.39, 0.29) is 5.01 Å². The van der Waals surface area contributed by atoms with Crippen molar-refractivity contribution in [2.75, 3.05) is 7.11 Å². The normalized spacial score (nSPS) is 10.7. The van der Waals surface area contributed by atoms with Crippen LogP contribution in [0, 0.1) is 0 Å². The van der Waals surface area contributed by atoms with Gasteiger partial charge in [0, 0.05) is 11.8 Å². The highest BCUT2D eigenvalue weighted by molar-refractivity contribution is 7.20. The molecule has 0 radical (unpaired) electrons. The van der Waals surface area contributed by atoms with E-state index in [1.54, 1.807) is 6.20 Å². The summed E-state index contributed by atoms with van der Waals surface area (Å²) >= 11 is 1.25. The lowest BCUT2D eigenvalue weighted by molar-refractivity contribution is 0.1000. The number of pyridine rings is 1. The number of hydrogen-bond donors (Lipinski definition) is 1. The molecule has 1 aromatic carbocycles. The summed E-state index contributed by atoms with van der Waals surface area (Å²) in [6.07, 6.45) is 1.72. The average Bonchev–Trinajstić information content (AvgIpc) is 2.92. The van der Waals surface area contributed by atoms with Crippen LogP contribution in [0.15, 0.2) is 36.5 Å². The minimum atomic E-state index is -0.549. The Kier molecular flexibility index (Phi) is 3.08. The fraction of sp³-hybridized carbons (Fsp3) is 0.0714. The van der Waals surface area contributed by atoms with E-state index in [9.17, 15) is 4.79 Å². The van der Waals surface area contributed by atoms with Gasteiger partial charge in [-0.3, -0.25) is 4.79 Å². The fourth-order valence-electron chi connectivity index (χ4n) is 1.97. The largest absolute Gasteiger partial charge is 0.479 e. The Balaban J connectivity index is 2.31. The zero-order chi connectivity index (χ0) is 14.1. The van der Waals surface area contributed by atoms with Gasteiger partial charge in [0.15, 0.2) is 5.01 Å². The summed E-state index contributed by atoms with van der Waals surface area (Å²) in [5.41, 5.74) is 7.78. The first-order chi connectivity index (χ1) is 9.70. The summed E-state index contributed by atoms with van der Waals surface area (Å²) in [4.78, 5) is 19.8. The molecule has 0 atom stereocenters. The number of ether oxygens (including phenoxy) is 1. The highest BCUT2D eigenvalue weighted by Crippen LogP contribution is 2.36. The molecule has 0 aliphatic carbocycles. The van der Waals surface area contributed by atoms with Gasteiger partial charge in [-0.1, -0.05) is 30.3 Å². The zero-order valence-electron chi connectivity index (χ0n) is 10.7. The molecule has 0 unspecified atom stereocenters. The molecule has 0 saturated carbocycles. The number of amides is 1. The Morgan fingerprint density at radius 2 is 2.05 bits per heavy atom. The Labute approximate surface area is 119 Å². The van der Waals surface area contributed by atoms with Crippen LogP contribution in [0.1, 0.15) is 9.80 Å². The van der Waals surface area contributed by atoms with Gasteiger partial charge >= 0.3 is 0 Å². The third-order valence-corrected chi connectivity index (χ3v) is 3.98. The number of carbonyl (C=O) groups excluding carboxylic acids is 1. The molecule has 2 N–H and O–H groups in total. The van der Waals surface area contributed by atoms with Crippen molar-refractivity contribution in [2.45, 2.75) is 0 Å². The molecule has 0 aliphatic heterocycles. The number of thiazole rings is 1. The molecule has 6 heteroatoms. The Bertz CT molecular complexity index is 784. The Hall–Kier alpha value is -2.47. The predicted octanol–water partition coefficient (Wildman–Crippen LogP) is 2.47. The van der Waals surface area contributed by atoms with Gasteiger partial charge in [0.1, 0.15) is 5.52 Å². The Morgan fingerprint density at radius 1 is 1.30 bits per heavy atom. The first kappa shape index (κ1) is 12.6. The molecule has 1 amide bonds. The lowest BCUT2D eigenvalue weighted by Gasteiger charge is -2.04. The molecule has 0 aliphatic rings. The van der Waals surface area contributed by atoms with Crippen LogP contribution in [0.3, 0.4) is 0 Å². The second-order valence-electron chi connectivity index (χ2n) is 4.11. The van der Waals surface area contributed by atoms with Gasteiger partial charge in [-0.2, -0.15) is 0 Å². The number of nitrogens with two attached hydrogens (primary N) is 1. The average molecular weight is 285 g/mol. The number of carbonyl (C=O) groups is 1. The first-order valence-corrected chi connectivity index (χ1v) is 6.71. The highest BCUT2D eigenvalue weighted by Gasteiger charge is 2.17. The number of rotatable bonds is 3. The van der Waals surface area contributed by atoms with Crippen LogP contribution in [0.5, 0.6) is 5.88 Å². The third kappa shape index (κ3) is 2.00. The molecule has 0 fully saturated rings. The van der Waals surface area contributed by atoms with Crippen molar-refractivity contribution in [2.24, 2.45) is 5.73 Å². The summed E-state index contributed by atoms with van der Waals surface area (Å²) in [6, 6.07) is 9.79. The van der Waals surface area contributed by atoms with Crippen molar-refractivity contribution in [1.82, 2.24) is 9.97 Å². The minimum absolute atomic E-state index is 0.253. The van der Waals surface area contributed by atoms with E-state index in [0.717, 1.165) is 15.8 Å². The molecule has 3 rings (SSSR count). The van der Waals surface area contributed by atoms with Crippen LogP contribution in [0.25, 0.3) is 21.3 Å². The number of aromatic nitrogens is 2. The van der Waals surface area contributed by atoms with Gasteiger partial charge in [-0.15, -0.1) is 11.3 Å². The van der Waals surface area contributed by atoms with Gasteiger partial charge in [0.2, 0.25) is 5.88 Å². The molecule has 0 spiro atoms. The molecule has 0 saturated heterocycles. The summed E-state index contributed by atoms with van der Waals surface area (Å²) < 4.78 is 6.04. The molecule has 3 aromatic rings. The monoisotopic (exact) mass is 285 g/mol. The Morgan fingerprint density at radius 3 is 2.70 bits per heavy atom. The van der Waals surface area contributed by atoms with Gasteiger partial charge in [-0.25, -0.2) is 9.97 Å². The molecule has 100 valence electrons. The molecular formula is C14H11N3O2S. The summed E-state index contributed by atoms with van der Waals surface area (Å²) in [7, 11) is 1.52. The van der Waals surface area contributed by atoms with Crippen molar-refractivity contribution < 1.29 is 9.53 Å². The van der Waals surface area contributed by atoms with Crippen molar-refractivity contribution in [3.63, 3.8) is 0 Å². The van der Waals surface area contributed by atoms with E-state index in [1.807, 2.05) is 30.3 Å². The van der Waals surface area contributed by atoms with E-state index in [1.165, 1.54) is 18.4 Å². The molecule has 5 nitrogen and oxygen atoms in total. The number of nitrogens with zero attached hydrogens (tertiary/aromatic N) is 2. The number of benzene rings is 1. The van der Waals surface area contributed by atoms with E-state index in [4.69, 9.17) is 10.5 Å². The predicted molar refractivity (Wildman–Crippen MR) is 77.9 cm³/mol. The number of fused-ring (bicyclic) bond motifs is 1. The molecular weight excluding hydrogens is 274 g/mol. The summed E-state index contributed by atoms with van der Waals surface area (Å²) in [5.74, 6) is -0.157. The van der Waals surface area contributed by atoms with Gasteiger partial charge in [0.05, 0.1) is 11.8 Å². The van der Waals surface area contributed by atoms with E-state index < -0.39 is 5.91 Å². The lowest BCUT2D eigenvalue weighted by Crippen LogP contribution is -2.09. The van der Waals surface area contributed by atoms with Crippen molar-refractivity contribution >= 4 is 27.5 Å². The van der Waals surface area contributed by atoms with Crippen LogP contribution in [-0.4, -0.2) is 23.0 Å². The summed E-state index contributed by atoms with van der Waals surface area (Å²) in [5, 5.41) is 0.253. The molecule has 20 heavy (non-hydrogen) atoms. The molecule has 2 heterocycles. The number of methoxy groups -OCH3 is 1. The van der Waals surface area contributed by atoms with Crippen molar-refractivity contribution in [1.29, 1.82) is 0 Å². The van der Waals surface area contributed by atoms with Gasteiger partial charge in [-0.05, 0) is 5.56 Å². The van der Waals surface area contributed by atoms with E-state index in [0.29, 0.717) is 11.4 Å². The lowest BCUT2D eigenvalue weighted by atomic mass is 10.1. The van der Waals surface area contributed by atoms with Crippen molar-refractivity contribution in [3.8, 4) is 17.0 Å².